The minimum Gasteiger partial charge on any atom is -0.502 e. The Bertz CT molecular complexity index is 1730. The number of hydrogen-bond acceptors (Lipinski definition) is 12. The van der Waals surface area contributed by atoms with Gasteiger partial charge >= 0.3 is 0 Å². The van der Waals surface area contributed by atoms with E-state index in [0.717, 1.165) is 24.9 Å². The van der Waals surface area contributed by atoms with Crippen LogP contribution in [0.5, 0.6) is 23.0 Å². The van der Waals surface area contributed by atoms with Crippen molar-refractivity contribution < 1.29 is 19.7 Å². The van der Waals surface area contributed by atoms with Crippen LogP contribution in [0.2, 0.25) is 0 Å². The summed E-state index contributed by atoms with van der Waals surface area (Å²) >= 11 is 0. The smallest absolute Gasteiger partial charge is 0.295 e. The predicted octanol–water partition coefficient (Wildman–Crippen LogP) is 0.778. The van der Waals surface area contributed by atoms with E-state index in [4.69, 9.17) is 19.7 Å². The third-order valence-electron chi connectivity index (χ3n) is 5.87. The highest BCUT2D eigenvalue weighted by Gasteiger charge is 2.05. The number of H-pyrrole nitrogens is 2. The molecule has 0 fully saturated rings. The molecule has 16 nitrogen and oxygen atoms in total. The van der Waals surface area contributed by atoms with Crippen molar-refractivity contribution in [1.29, 1.82) is 0 Å². The van der Waals surface area contributed by atoms with Crippen molar-refractivity contribution in [2.24, 2.45) is 14.1 Å². The molecule has 0 aliphatic rings. The second kappa shape index (κ2) is 18.3. The average Bonchev–Trinajstić information content (AvgIpc) is 3.03. The highest BCUT2D eigenvalue weighted by molar-refractivity contribution is 5.14. The first kappa shape index (κ1) is 36.7. The Balaban J connectivity index is 0.000000294. The van der Waals surface area contributed by atoms with Crippen LogP contribution in [0.25, 0.3) is 0 Å². The molecule has 16 heteroatoms. The Hall–Kier alpha value is -5.28. The first-order valence-electron chi connectivity index (χ1n) is 13.6. The van der Waals surface area contributed by atoms with Crippen LogP contribution in [-0.4, -0.2) is 63.5 Å². The van der Waals surface area contributed by atoms with Gasteiger partial charge in [-0.25, -0.2) is 19.9 Å². The van der Waals surface area contributed by atoms with E-state index in [1.807, 2.05) is 27.7 Å². The van der Waals surface area contributed by atoms with Gasteiger partial charge in [-0.3, -0.25) is 28.3 Å². The van der Waals surface area contributed by atoms with Crippen LogP contribution in [0.3, 0.4) is 0 Å². The number of ether oxygens (including phenoxy) is 2. The molecule has 0 amide bonds. The summed E-state index contributed by atoms with van der Waals surface area (Å²) < 4.78 is 12.4. The van der Waals surface area contributed by atoms with Gasteiger partial charge in [0.1, 0.15) is 23.3 Å². The van der Waals surface area contributed by atoms with E-state index in [9.17, 15) is 19.2 Å². The number of rotatable bonds is 6. The number of aromatic amines is 2. The number of nitrogens with zero attached hydrogens (tertiary/aromatic N) is 6. The topological polar surface area (TPSA) is 220 Å². The first-order chi connectivity index (χ1) is 20.9. The lowest BCUT2D eigenvalue weighted by Crippen LogP contribution is -2.22. The average molecular weight is 617 g/mol. The Kier molecular flexibility index (Phi) is 15.3. The van der Waals surface area contributed by atoms with Crippen LogP contribution in [0, 0.1) is 0 Å². The molecule has 4 aromatic rings. The Morgan fingerprint density at radius 2 is 1.05 bits per heavy atom. The van der Waals surface area contributed by atoms with Gasteiger partial charge in [0.15, 0.2) is 11.5 Å². The summed E-state index contributed by atoms with van der Waals surface area (Å²) in [5.74, 6) is 2.60. The number of aryl methyl sites for hydroxylation is 4. The molecule has 4 N–H and O–H groups in total. The van der Waals surface area contributed by atoms with E-state index in [-0.39, 0.29) is 34.1 Å². The monoisotopic (exact) mass is 616 g/mol. The Morgan fingerprint density at radius 1 is 0.614 bits per heavy atom. The third-order valence-corrected chi connectivity index (χ3v) is 5.87. The molecule has 0 aromatic carbocycles. The molecular formula is C28H40N8O8. The van der Waals surface area contributed by atoms with Gasteiger partial charge in [0.25, 0.3) is 22.2 Å². The molecule has 4 aromatic heterocycles. The van der Waals surface area contributed by atoms with Gasteiger partial charge in [-0.2, -0.15) is 0 Å². The SMILES string of the molecule is CCc1ncc(O)c(=O)[nH]1.CCc1ncc(O)c(=O)n1C.CCc1ncc(OC)c(=O)[nH]1.CCc1ncc(OC)c(=O)n1C. The quantitative estimate of drug-likeness (QED) is 0.236. The summed E-state index contributed by atoms with van der Waals surface area (Å²) in [6.45, 7) is 7.65. The van der Waals surface area contributed by atoms with Crippen LogP contribution in [0.1, 0.15) is 51.0 Å². The van der Waals surface area contributed by atoms with E-state index in [2.05, 4.69) is 29.9 Å². The molecule has 4 heterocycles. The second-order valence-corrected chi connectivity index (χ2v) is 8.72. The Morgan fingerprint density at radius 3 is 1.50 bits per heavy atom. The van der Waals surface area contributed by atoms with Gasteiger partial charge < -0.3 is 29.7 Å². The number of aromatic nitrogens is 8. The molecule has 0 aliphatic carbocycles. The Labute approximate surface area is 253 Å². The standard InChI is InChI=1S/C8H12N2O2.2C7H10N2O2.C6H8N2O2/c1-4-7-9-5-6(12-3)8(11)10(7)2;1-3-6-8-4-5(11-2)7(10)9-6;1-3-6-8-4-5(10)7(11)9(6)2;1-2-5-7-3-4(9)6(10)8-5/h5H,4H2,1-3H3;4H,3H2,1-2H3,(H,8,9,10);4,10H,3H2,1-2H3;3,9H,2H2,1H3,(H,7,8,10). The molecule has 0 radical (unpaired) electrons. The summed E-state index contributed by atoms with van der Waals surface area (Å²) in [7, 11) is 6.19. The zero-order valence-corrected chi connectivity index (χ0v) is 26.2. The number of hydrogen-bond donors (Lipinski definition) is 4. The van der Waals surface area contributed by atoms with E-state index < -0.39 is 11.1 Å². The fourth-order valence-electron chi connectivity index (χ4n) is 3.27. The van der Waals surface area contributed by atoms with Gasteiger partial charge in [0.05, 0.1) is 39.0 Å². The van der Waals surface area contributed by atoms with Crippen molar-refractivity contribution in [2.45, 2.75) is 53.4 Å². The first-order valence-corrected chi connectivity index (χ1v) is 13.6. The predicted molar refractivity (Wildman–Crippen MR) is 163 cm³/mol. The van der Waals surface area contributed by atoms with E-state index in [0.29, 0.717) is 30.3 Å². The van der Waals surface area contributed by atoms with Gasteiger partial charge in [0, 0.05) is 39.8 Å². The normalized spacial score (nSPS) is 9.82. The highest BCUT2D eigenvalue weighted by Crippen LogP contribution is 2.01. The molecule has 240 valence electrons. The van der Waals surface area contributed by atoms with Gasteiger partial charge in [-0.15, -0.1) is 0 Å². The van der Waals surface area contributed by atoms with Crippen molar-refractivity contribution in [2.75, 3.05) is 14.2 Å². The van der Waals surface area contributed by atoms with Crippen molar-refractivity contribution >= 4 is 0 Å². The highest BCUT2D eigenvalue weighted by atomic mass is 16.5. The van der Waals surface area contributed by atoms with E-state index in [1.165, 1.54) is 41.9 Å². The maximum atomic E-state index is 11.4. The number of nitrogens with one attached hydrogen (secondary N) is 2. The lowest BCUT2D eigenvalue weighted by atomic mass is 10.4. The third kappa shape index (κ3) is 10.5. The zero-order valence-electron chi connectivity index (χ0n) is 26.2. The largest absolute Gasteiger partial charge is 0.502 e. The van der Waals surface area contributed by atoms with Crippen molar-refractivity contribution in [3.8, 4) is 23.0 Å². The molecule has 0 unspecified atom stereocenters. The molecule has 0 atom stereocenters. The summed E-state index contributed by atoms with van der Waals surface area (Å²) in [6.07, 6.45) is 8.04. The van der Waals surface area contributed by atoms with E-state index >= 15 is 0 Å². The summed E-state index contributed by atoms with van der Waals surface area (Å²) in [6, 6.07) is 0. The summed E-state index contributed by atoms with van der Waals surface area (Å²) in [5.41, 5.74) is -1.23. The molecule has 0 aliphatic heterocycles. The van der Waals surface area contributed by atoms with Crippen molar-refractivity contribution in [3.63, 3.8) is 0 Å². The van der Waals surface area contributed by atoms with Gasteiger partial charge in [0.2, 0.25) is 11.5 Å². The van der Waals surface area contributed by atoms with Crippen LogP contribution < -0.4 is 31.7 Å². The second-order valence-electron chi connectivity index (χ2n) is 8.72. The van der Waals surface area contributed by atoms with Gasteiger partial charge in [-0.1, -0.05) is 27.7 Å². The van der Waals surface area contributed by atoms with Crippen molar-refractivity contribution in [3.05, 3.63) is 89.5 Å². The number of aromatic hydroxyl groups is 2. The summed E-state index contributed by atoms with van der Waals surface area (Å²) in [5, 5.41) is 17.7. The molecule has 4 rings (SSSR count). The van der Waals surface area contributed by atoms with Crippen molar-refractivity contribution in [1.82, 2.24) is 39.0 Å². The molecule has 0 saturated carbocycles. The number of methoxy groups -OCH3 is 2. The molecule has 44 heavy (non-hydrogen) atoms. The fraction of sp³-hybridized carbons (Fsp3) is 0.429. The fourth-order valence-corrected chi connectivity index (χ4v) is 3.27. The van der Waals surface area contributed by atoms with Crippen LogP contribution in [0.4, 0.5) is 0 Å². The maximum Gasteiger partial charge on any atom is 0.295 e. The molecule has 0 saturated heterocycles. The van der Waals surface area contributed by atoms with Crippen LogP contribution in [-0.2, 0) is 39.8 Å². The minimum atomic E-state index is -0.480. The lowest BCUT2D eigenvalue weighted by Gasteiger charge is -2.05. The van der Waals surface area contributed by atoms with Gasteiger partial charge in [-0.05, 0) is 0 Å². The van der Waals surface area contributed by atoms with E-state index in [1.54, 1.807) is 14.1 Å². The summed E-state index contributed by atoms with van der Waals surface area (Å²) in [4.78, 5) is 64.7. The molecule has 0 bridgehead atoms. The zero-order chi connectivity index (χ0) is 33.4. The van der Waals surface area contributed by atoms with Crippen LogP contribution >= 0.6 is 0 Å². The molecule has 0 spiro atoms. The maximum absolute atomic E-state index is 11.4. The van der Waals surface area contributed by atoms with Crippen LogP contribution in [0.15, 0.2) is 44.0 Å². The molecular weight excluding hydrogens is 576 g/mol. The lowest BCUT2D eigenvalue weighted by molar-refractivity contribution is 0.400. The minimum absolute atomic E-state index is 0.135.